The summed E-state index contributed by atoms with van der Waals surface area (Å²) in [4.78, 5) is 10.9. The molecular weight excluding hydrogens is 380 g/mol. The van der Waals surface area contributed by atoms with Crippen molar-refractivity contribution in [2.45, 2.75) is 30.6 Å². The van der Waals surface area contributed by atoms with Gasteiger partial charge in [-0.3, -0.25) is 15.5 Å². The number of nitrogens with one attached hydrogen (secondary N) is 1. The molecule has 0 radical (unpaired) electrons. The first-order chi connectivity index (χ1) is 13.5. The summed E-state index contributed by atoms with van der Waals surface area (Å²) in [7, 11) is -3.72. The van der Waals surface area contributed by atoms with Crippen molar-refractivity contribution in [1.29, 1.82) is 0 Å². The lowest BCUT2D eigenvalue weighted by Crippen LogP contribution is -2.27. The number of sulfonamides is 1. The zero-order valence-electron chi connectivity index (χ0n) is 15.2. The van der Waals surface area contributed by atoms with Crippen LogP contribution in [0, 0.1) is 10.1 Å². The largest absolute Gasteiger partial charge is 0.295 e. The van der Waals surface area contributed by atoms with Gasteiger partial charge in [0.25, 0.3) is 5.69 Å². The van der Waals surface area contributed by atoms with E-state index in [9.17, 15) is 18.5 Å². The van der Waals surface area contributed by atoms with Crippen LogP contribution in [0.2, 0.25) is 0 Å². The highest BCUT2D eigenvalue weighted by Crippen LogP contribution is 2.31. The summed E-state index contributed by atoms with van der Waals surface area (Å²) in [6.45, 7) is 0.895. The van der Waals surface area contributed by atoms with Gasteiger partial charge in [0.05, 0.1) is 15.5 Å². The van der Waals surface area contributed by atoms with Gasteiger partial charge in [-0.05, 0) is 43.4 Å². The minimum absolute atomic E-state index is 0.0643. The van der Waals surface area contributed by atoms with Crippen LogP contribution in [-0.4, -0.2) is 36.4 Å². The smallest absolute Gasteiger partial charge is 0.271 e. The molecule has 1 heterocycles. The lowest BCUT2D eigenvalue weighted by molar-refractivity contribution is -0.384. The molecule has 1 aliphatic heterocycles. The van der Waals surface area contributed by atoms with Crippen LogP contribution in [0.1, 0.15) is 30.4 Å². The van der Waals surface area contributed by atoms with Gasteiger partial charge in [0, 0.05) is 24.7 Å². The molecule has 0 unspecified atom stereocenters. The predicted molar refractivity (Wildman–Crippen MR) is 106 cm³/mol. The highest BCUT2D eigenvalue weighted by molar-refractivity contribution is 7.89. The van der Waals surface area contributed by atoms with Crippen molar-refractivity contribution in [1.82, 2.24) is 4.31 Å². The topological polar surface area (TPSA) is 105 Å². The van der Waals surface area contributed by atoms with Crippen molar-refractivity contribution >= 4 is 27.1 Å². The Hall–Kier alpha value is -2.78. The minimum Gasteiger partial charge on any atom is -0.271 e. The second-order valence-corrected chi connectivity index (χ2v) is 8.81. The summed E-state index contributed by atoms with van der Waals surface area (Å²) in [6.07, 6.45) is 3.24. The summed E-state index contributed by atoms with van der Waals surface area (Å²) in [5.74, 6) is 0. The number of fused-ring (bicyclic) bond motifs is 1. The molecule has 2 aromatic carbocycles. The molecular formula is C19H20N4O4S. The summed E-state index contributed by atoms with van der Waals surface area (Å²) >= 11 is 0. The summed E-state index contributed by atoms with van der Waals surface area (Å²) in [5.41, 5.74) is 5.69. The van der Waals surface area contributed by atoms with Crippen LogP contribution >= 0.6 is 0 Å². The van der Waals surface area contributed by atoms with Crippen LogP contribution in [0.5, 0.6) is 0 Å². The average molecular weight is 400 g/mol. The molecule has 1 aliphatic carbocycles. The van der Waals surface area contributed by atoms with Gasteiger partial charge in [0.15, 0.2) is 0 Å². The Morgan fingerprint density at radius 1 is 1.07 bits per heavy atom. The molecule has 0 atom stereocenters. The van der Waals surface area contributed by atoms with Gasteiger partial charge >= 0.3 is 0 Å². The van der Waals surface area contributed by atoms with Gasteiger partial charge in [-0.15, -0.1) is 0 Å². The standard InChI is InChI=1S/C19H20N4O4S/c24-23(25)19-13-15(28(26,27)22-11-3-4-12-22)8-10-18(19)21-20-17-9-7-14-5-1-2-6-16(14)17/h1-2,5-6,8,10,13,21H,3-4,7,9,11-12H2. The molecule has 1 saturated heterocycles. The van der Waals surface area contributed by atoms with E-state index in [1.165, 1.54) is 22.0 Å². The Morgan fingerprint density at radius 3 is 2.57 bits per heavy atom. The van der Waals surface area contributed by atoms with Crippen molar-refractivity contribution in [3.8, 4) is 0 Å². The molecule has 2 aliphatic rings. The van der Waals surface area contributed by atoms with Gasteiger partial charge in [-0.25, -0.2) is 8.42 Å². The highest BCUT2D eigenvalue weighted by Gasteiger charge is 2.29. The third kappa shape index (κ3) is 3.38. The van der Waals surface area contributed by atoms with Crippen molar-refractivity contribution < 1.29 is 13.3 Å². The molecule has 0 aromatic heterocycles. The van der Waals surface area contributed by atoms with Crippen LogP contribution < -0.4 is 5.43 Å². The van der Waals surface area contributed by atoms with Gasteiger partial charge < -0.3 is 0 Å². The predicted octanol–water partition coefficient (Wildman–Crippen LogP) is 3.14. The first-order valence-corrected chi connectivity index (χ1v) is 10.6. The maximum absolute atomic E-state index is 12.7. The summed E-state index contributed by atoms with van der Waals surface area (Å²) < 4.78 is 26.7. The van der Waals surface area contributed by atoms with Gasteiger partial charge in [0.1, 0.15) is 5.69 Å². The number of nitro benzene ring substituents is 1. The van der Waals surface area contributed by atoms with E-state index >= 15 is 0 Å². The molecule has 2 aromatic rings. The Bertz CT molecular complexity index is 1060. The van der Waals surface area contributed by atoms with Crippen LogP contribution in [0.25, 0.3) is 0 Å². The van der Waals surface area contributed by atoms with Crippen LogP contribution in [-0.2, 0) is 16.4 Å². The second-order valence-electron chi connectivity index (χ2n) is 6.87. The average Bonchev–Trinajstić information content (AvgIpc) is 3.36. The fourth-order valence-corrected chi connectivity index (χ4v) is 5.18. The number of rotatable bonds is 5. The van der Waals surface area contributed by atoms with Crippen LogP contribution in [0.15, 0.2) is 52.5 Å². The molecule has 28 heavy (non-hydrogen) atoms. The monoisotopic (exact) mass is 400 g/mol. The molecule has 0 spiro atoms. The Morgan fingerprint density at radius 2 is 1.82 bits per heavy atom. The van der Waals surface area contributed by atoms with E-state index in [1.54, 1.807) is 0 Å². The van der Waals surface area contributed by atoms with Gasteiger partial charge in [-0.2, -0.15) is 9.41 Å². The van der Waals surface area contributed by atoms with Gasteiger partial charge in [0.2, 0.25) is 10.0 Å². The van der Waals surface area contributed by atoms with E-state index in [0.29, 0.717) is 13.1 Å². The molecule has 4 rings (SSSR count). The molecule has 1 N–H and O–H groups in total. The fraction of sp³-hybridized carbons (Fsp3) is 0.316. The number of hydrogen-bond acceptors (Lipinski definition) is 6. The number of hydrazone groups is 1. The first kappa shape index (κ1) is 18.6. The zero-order valence-corrected chi connectivity index (χ0v) is 16.0. The molecule has 0 bridgehead atoms. The number of nitrogens with zero attached hydrogens (tertiary/aromatic N) is 3. The Labute approximate surface area is 163 Å². The van der Waals surface area contributed by atoms with Crippen molar-refractivity contribution in [3.05, 3.63) is 63.7 Å². The first-order valence-electron chi connectivity index (χ1n) is 9.16. The SMILES string of the molecule is O=[N+]([O-])c1cc(S(=O)(=O)N2CCCC2)ccc1NN=C1CCc2ccccc21. The van der Waals surface area contributed by atoms with E-state index < -0.39 is 14.9 Å². The minimum atomic E-state index is -3.72. The van der Waals surface area contributed by atoms with Crippen molar-refractivity contribution in [2.24, 2.45) is 5.10 Å². The fourth-order valence-electron chi connectivity index (χ4n) is 3.65. The van der Waals surface area contributed by atoms with Gasteiger partial charge in [-0.1, -0.05) is 24.3 Å². The van der Waals surface area contributed by atoms with E-state index in [2.05, 4.69) is 10.5 Å². The second kappa shape index (κ2) is 7.33. The maximum Gasteiger partial charge on any atom is 0.295 e. The molecule has 1 fully saturated rings. The van der Waals surface area contributed by atoms with Crippen molar-refractivity contribution in [2.75, 3.05) is 18.5 Å². The number of nitro groups is 1. The molecule has 146 valence electrons. The number of hydrogen-bond donors (Lipinski definition) is 1. The van der Waals surface area contributed by atoms with Crippen molar-refractivity contribution in [3.63, 3.8) is 0 Å². The molecule has 0 amide bonds. The molecule has 9 heteroatoms. The summed E-state index contributed by atoms with van der Waals surface area (Å²) in [6, 6.07) is 11.8. The third-order valence-corrected chi connectivity index (χ3v) is 7.03. The molecule has 8 nitrogen and oxygen atoms in total. The highest BCUT2D eigenvalue weighted by atomic mass is 32.2. The van der Waals surface area contributed by atoms with E-state index in [4.69, 9.17) is 0 Å². The maximum atomic E-state index is 12.7. The number of aryl methyl sites for hydroxylation is 1. The van der Waals surface area contributed by atoms with E-state index in [0.717, 1.165) is 43.0 Å². The molecule has 0 saturated carbocycles. The quantitative estimate of drug-likeness (QED) is 0.613. The lowest BCUT2D eigenvalue weighted by Gasteiger charge is -2.15. The Balaban J connectivity index is 1.63. The third-order valence-electron chi connectivity index (χ3n) is 5.14. The van der Waals surface area contributed by atoms with E-state index in [1.807, 2.05) is 24.3 Å². The van der Waals surface area contributed by atoms with Crippen LogP contribution in [0.4, 0.5) is 11.4 Å². The zero-order chi connectivity index (χ0) is 19.7. The normalized spacial score (nSPS) is 18.4. The van der Waals surface area contributed by atoms with Crippen LogP contribution in [0.3, 0.4) is 0 Å². The van der Waals surface area contributed by atoms with E-state index in [-0.39, 0.29) is 16.3 Å². The lowest BCUT2D eigenvalue weighted by atomic mass is 10.1. The number of anilines is 1. The Kier molecular flexibility index (Phi) is 4.86. The number of benzene rings is 2. The summed E-state index contributed by atoms with van der Waals surface area (Å²) in [5, 5.41) is 15.9.